The molecule has 1 saturated heterocycles. The lowest BCUT2D eigenvalue weighted by Crippen LogP contribution is -2.48. The number of carbonyl (C=O) groups is 1. The third-order valence-corrected chi connectivity index (χ3v) is 4.75. The zero-order valence-electron chi connectivity index (χ0n) is 14.3. The van der Waals surface area contributed by atoms with Crippen molar-refractivity contribution in [3.8, 4) is 12.3 Å². The van der Waals surface area contributed by atoms with E-state index >= 15 is 0 Å². The average Bonchev–Trinajstić information content (AvgIpc) is 2.68. The smallest absolute Gasteiger partial charge is 0.240 e. The number of hydrogen-bond acceptors (Lipinski definition) is 3. The summed E-state index contributed by atoms with van der Waals surface area (Å²) in [6.45, 7) is 0.752. The second-order valence-electron chi connectivity index (χ2n) is 6.48. The van der Waals surface area contributed by atoms with Crippen LogP contribution in [0.15, 0.2) is 48.8 Å². The molecule has 0 spiro atoms. The van der Waals surface area contributed by atoms with Crippen LogP contribution in [-0.4, -0.2) is 28.4 Å². The Morgan fingerprint density at radius 3 is 2.80 bits per heavy atom. The summed E-state index contributed by atoms with van der Waals surface area (Å²) in [7, 11) is 0. The lowest BCUT2D eigenvalue weighted by molar-refractivity contribution is -0.136. The molecule has 1 fully saturated rings. The number of benzene rings is 1. The predicted molar refractivity (Wildman–Crippen MR) is 98.6 cm³/mol. The van der Waals surface area contributed by atoms with Crippen molar-refractivity contribution >= 4 is 5.91 Å². The van der Waals surface area contributed by atoms with E-state index in [9.17, 15) is 4.79 Å². The molecule has 2 heterocycles. The number of terminal acetylenes is 1. The summed E-state index contributed by atoms with van der Waals surface area (Å²) in [6, 6.07) is 11.1. The van der Waals surface area contributed by atoms with Crippen LogP contribution < -0.4 is 5.73 Å². The van der Waals surface area contributed by atoms with E-state index in [4.69, 9.17) is 12.2 Å². The molecule has 1 aliphatic rings. The van der Waals surface area contributed by atoms with Crippen molar-refractivity contribution in [1.29, 1.82) is 0 Å². The second-order valence-corrected chi connectivity index (χ2v) is 6.48. The van der Waals surface area contributed by atoms with Crippen LogP contribution in [0.4, 0.5) is 0 Å². The van der Waals surface area contributed by atoms with E-state index in [2.05, 4.69) is 10.9 Å². The van der Waals surface area contributed by atoms with Crippen molar-refractivity contribution in [3.63, 3.8) is 0 Å². The first-order valence-corrected chi connectivity index (χ1v) is 8.70. The van der Waals surface area contributed by atoms with Crippen LogP contribution in [0.25, 0.3) is 0 Å². The Kier molecular flexibility index (Phi) is 5.47. The second kappa shape index (κ2) is 7.96. The van der Waals surface area contributed by atoms with Crippen molar-refractivity contribution < 1.29 is 4.79 Å². The molecule has 25 heavy (non-hydrogen) atoms. The number of likely N-dealkylation sites (tertiary alicyclic amines) is 1. The van der Waals surface area contributed by atoms with Gasteiger partial charge in [-0.1, -0.05) is 24.1 Å². The van der Waals surface area contributed by atoms with E-state index in [1.807, 2.05) is 47.5 Å². The summed E-state index contributed by atoms with van der Waals surface area (Å²) >= 11 is 0. The lowest BCUT2D eigenvalue weighted by atomic mass is 9.94. The van der Waals surface area contributed by atoms with E-state index < -0.39 is 6.04 Å². The Bertz CT molecular complexity index is 749. The number of carbonyl (C=O) groups excluding carboxylic acids is 1. The molecular formula is C21H23N3O. The van der Waals surface area contributed by atoms with Gasteiger partial charge in [-0.3, -0.25) is 9.78 Å². The fourth-order valence-electron chi connectivity index (χ4n) is 3.41. The summed E-state index contributed by atoms with van der Waals surface area (Å²) < 4.78 is 0. The fraction of sp³-hybridized carbons (Fsp3) is 0.333. The highest BCUT2D eigenvalue weighted by molar-refractivity contribution is 5.82. The number of rotatable bonds is 4. The predicted octanol–water partition coefficient (Wildman–Crippen LogP) is 2.69. The van der Waals surface area contributed by atoms with Crippen LogP contribution in [0.3, 0.4) is 0 Å². The number of aromatic nitrogens is 1. The minimum Gasteiger partial charge on any atom is -0.334 e. The molecule has 2 N–H and O–H groups in total. The van der Waals surface area contributed by atoms with Gasteiger partial charge in [-0.25, -0.2) is 0 Å². The van der Waals surface area contributed by atoms with Gasteiger partial charge in [-0.2, -0.15) is 0 Å². The fourth-order valence-corrected chi connectivity index (χ4v) is 3.41. The topological polar surface area (TPSA) is 59.2 Å². The number of piperidine rings is 1. The Morgan fingerprint density at radius 2 is 2.12 bits per heavy atom. The maximum absolute atomic E-state index is 13.0. The number of nitrogens with zero attached hydrogens (tertiary/aromatic N) is 2. The molecule has 0 saturated carbocycles. The molecule has 1 aromatic heterocycles. The number of amides is 1. The third-order valence-electron chi connectivity index (χ3n) is 4.75. The Balaban J connectivity index is 1.71. The van der Waals surface area contributed by atoms with E-state index in [1.165, 1.54) is 0 Å². The van der Waals surface area contributed by atoms with Crippen molar-refractivity contribution in [1.82, 2.24) is 9.88 Å². The molecular weight excluding hydrogens is 310 g/mol. The number of nitrogens with two attached hydrogens (primary N) is 1. The lowest BCUT2D eigenvalue weighted by Gasteiger charge is -2.37. The Morgan fingerprint density at radius 1 is 1.32 bits per heavy atom. The molecule has 0 radical (unpaired) electrons. The molecule has 0 aliphatic carbocycles. The summed E-state index contributed by atoms with van der Waals surface area (Å²) in [4.78, 5) is 19.1. The van der Waals surface area contributed by atoms with Crippen LogP contribution >= 0.6 is 0 Å². The molecule has 2 aromatic rings. The highest BCUT2D eigenvalue weighted by Gasteiger charge is 2.31. The average molecular weight is 333 g/mol. The molecule has 3 rings (SSSR count). The van der Waals surface area contributed by atoms with Gasteiger partial charge >= 0.3 is 0 Å². The van der Waals surface area contributed by atoms with Crippen molar-refractivity contribution in [2.24, 2.45) is 5.73 Å². The largest absolute Gasteiger partial charge is 0.334 e. The maximum atomic E-state index is 13.0. The molecule has 1 amide bonds. The highest BCUT2D eigenvalue weighted by Crippen LogP contribution is 2.31. The zero-order chi connectivity index (χ0) is 17.6. The van der Waals surface area contributed by atoms with Gasteiger partial charge in [0.1, 0.15) is 0 Å². The van der Waals surface area contributed by atoms with Crippen LogP contribution in [0, 0.1) is 12.3 Å². The summed E-state index contributed by atoms with van der Waals surface area (Å²) in [5.41, 5.74) is 9.18. The number of pyridine rings is 1. The standard InChI is InChI=1S/C21H23N3O/c1-2-16-8-10-17(11-9-16)14-19(22)21(25)24-13-4-3-7-20(24)18-6-5-12-23-15-18/h1,5-6,8-12,15,19-20H,3-4,7,13-14,22H2/t19-,20+/m0/s1. The first kappa shape index (κ1) is 17.2. The molecule has 0 unspecified atom stereocenters. The Hall–Kier alpha value is -2.64. The van der Waals surface area contributed by atoms with Crippen molar-refractivity contribution in [2.45, 2.75) is 37.8 Å². The molecule has 1 aliphatic heterocycles. The molecule has 2 atom stereocenters. The quantitative estimate of drug-likeness (QED) is 0.875. The molecule has 4 nitrogen and oxygen atoms in total. The van der Waals surface area contributed by atoms with Gasteiger partial charge in [-0.05, 0) is 55.0 Å². The van der Waals surface area contributed by atoms with Gasteiger partial charge in [0.15, 0.2) is 0 Å². The minimum atomic E-state index is -0.547. The van der Waals surface area contributed by atoms with Gasteiger partial charge in [0.2, 0.25) is 5.91 Å². The summed E-state index contributed by atoms with van der Waals surface area (Å²) in [5.74, 6) is 2.60. The van der Waals surface area contributed by atoms with Gasteiger partial charge in [-0.15, -0.1) is 6.42 Å². The van der Waals surface area contributed by atoms with E-state index in [1.54, 1.807) is 6.20 Å². The van der Waals surface area contributed by atoms with Crippen LogP contribution in [0.2, 0.25) is 0 Å². The van der Waals surface area contributed by atoms with Crippen LogP contribution in [-0.2, 0) is 11.2 Å². The maximum Gasteiger partial charge on any atom is 0.240 e. The van der Waals surface area contributed by atoms with Gasteiger partial charge in [0, 0.05) is 24.5 Å². The monoisotopic (exact) mass is 333 g/mol. The van der Waals surface area contributed by atoms with Crippen molar-refractivity contribution in [3.05, 3.63) is 65.5 Å². The van der Waals surface area contributed by atoms with E-state index in [0.29, 0.717) is 6.42 Å². The minimum absolute atomic E-state index is 0.00887. The van der Waals surface area contributed by atoms with Gasteiger partial charge < -0.3 is 10.6 Å². The summed E-state index contributed by atoms with van der Waals surface area (Å²) in [6.07, 6.45) is 12.6. The van der Waals surface area contributed by atoms with Gasteiger partial charge in [0.05, 0.1) is 12.1 Å². The SMILES string of the molecule is C#Cc1ccc(C[C@H](N)C(=O)N2CCCC[C@@H]2c2cccnc2)cc1. The van der Waals surface area contributed by atoms with E-state index in [0.717, 1.165) is 42.5 Å². The molecule has 1 aromatic carbocycles. The van der Waals surface area contributed by atoms with E-state index in [-0.39, 0.29) is 11.9 Å². The first-order chi connectivity index (χ1) is 12.2. The van der Waals surface area contributed by atoms with Crippen LogP contribution in [0.1, 0.15) is 42.0 Å². The summed E-state index contributed by atoms with van der Waals surface area (Å²) in [5, 5.41) is 0. The van der Waals surface area contributed by atoms with Crippen LogP contribution in [0.5, 0.6) is 0 Å². The first-order valence-electron chi connectivity index (χ1n) is 8.70. The highest BCUT2D eigenvalue weighted by atomic mass is 16.2. The zero-order valence-corrected chi connectivity index (χ0v) is 14.3. The normalized spacial score (nSPS) is 18.4. The molecule has 128 valence electrons. The van der Waals surface area contributed by atoms with Gasteiger partial charge in [0.25, 0.3) is 0 Å². The van der Waals surface area contributed by atoms with Crippen molar-refractivity contribution in [2.75, 3.05) is 6.54 Å². The third kappa shape index (κ3) is 4.07. The Labute approximate surface area is 149 Å². The number of hydrogen-bond donors (Lipinski definition) is 1. The molecule has 0 bridgehead atoms. The molecule has 4 heteroatoms.